The van der Waals surface area contributed by atoms with E-state index in [1.807, 2.05) is 0 Å². The molecule has 1 amide bonds. The van der Waals surface area contributed by atoms with Gasteiger partial charge in [-0.1, -0.05) is 64.2 Å². The summed E-state index contributed by atoms with van der Waals surface area (Å²) in [5, 5.41) is 0. The molecule has 2 atom stereocenters. The first-order valence-corrected chi connectivity index (χ1v) is 17.7. The second kappa shape index (κ2) is 16.3. The molecule has 1 aromatic rings. The summed E-state index contributed by atoms with van der Waals surface area (Å²) in [7, 11) is 0. The summed E-state index contributed by atoms with van der Waals surface area (Å²) in [4.78, 5) is 20.6. The quantitative estimate of drug-likeness (QED) is 0.202. The molecule has 5 nitrogen and oxygen atoms in total. The van der Waals surface area contributed by atoms with E-state index in [4.69, 9.17) is 4.74 Å². The summed E-state index contributed by atoms with van der Waals surface area (Å²) in [5.74, 6) is 3.04. The van der Waals surface area contributed by atoms with Crippen LogP contribution in [0.2, 0.25) is 0 Å². The van der Waals surface area contributed by atoms with Crippen molar-refractivity contribution in [3.05, 3.63) is 24.3 Å². The van der Waals surface area contributed by atoms with E-state index in [1.54, 1.807) is 0 Å². The predicted molar refractivity (Wildman–Crippen MR) is 171 cm³/mol. The van der Waals surface area contributed by atoms with E-state index >= 15 is 0 Å². The van der Waals surface area contributed by atoms with Crippen LogP contribution in [0.15, 0.2) is 24.3 Å². The molecule has 5 rings (SSSR count). The zero-order valence-electron chi connectivity index (χ0n) is 26.2. The van der Waals surface area contributed by atoms with Crippen molar-refractivity contribution in [2.24, 2.45) is 11.8 Å². The minimum absolute atomic E-state index is 0.290. The number of hydrogen-bond donors (Lipinski definition) is 0. The number of carbonyl (C=O) groups is 1. The van der Waals surface area contributed by atoms with Crippen LogP contribution in [-0.4, -0.2) is 67.1 Å². The molecule has 2 aliphatic carbocycles. The van der Waals surface area contributed by atoms with Crippen LogP contribution in [0.4, 0.5) is 5.69 Å². The normalized spacial score (nSPS) is 25.0. The molecule has 41 heavy (non-hydrogen) atoms. The number of carbonyl (C=O) groups excluding carboxylic acids is 1. The molecule has 4 fully saturated rings. The van der Waals surface area contributed by atoms with Crippen LogP contribution in [0.1, 0.15) is 122 Å². The highest BCUT2D eigenvalue weighted by atomic mass is 16.5. The molecule has 0 N–H and O–H groups in total. The Kier molecular flexibility index (Phi) is 12.3. The molecule has 2 heterocycles. The van der Waals surface area contributed by atoms with E-state index in [0.717, 1.165) is 61.9 Å². The predicted octanol–water partition coefficient (Wildman–Crippen LogP) is 8.07. The fourth-order valence-corrected chi connectivity index (χ4v) is 8.29. The number of rotatable bonds is 15. The minimum atomic E-state index is 0.290. The molecule has 1 unspecified atom stereocenters. The number of nitrogens with zero attached hydrogens (tertiary/aromatic N) is 3. The van der Waals surface area contributed by atoms with Crippen molar-refractivity contribution in [1.29, 1.82) is 0 Å². The third-order valence-electron chi connectivity index (χ3n) is 10.8. The number of unbranched alkanes of at least 4 members (excludes halogenated alkanes) is 1. The minimum Gasteiger partial charge on any atom is -0.494 e. The molecular formula is C36H59N3O2. The van der Waals surface area contributed by atoms with E-state index in [-0.39, 0.29) is 0 Å². The lowest BCUT2D eigenvalue weighted by Gasteiger charge is -2.34. The molecule has 5 heteroatoms. The molecule has 0 radical (unpaired) electrons. The van der Waals surface area contributed by atoms with Gasteiger partial charge in [0.15, 0.2) is 0 Å². The Balaban J connectivity index is 1.12. The molecule has 4 aliphatic rings. The Morgan fingerprint density at radius 3 is 2.24 bits per heavy atom. The van der Waals surface area contributed by atoms with Crippen LogP contribution >= 0.6 is 0 Å². The van der Waals surface area contributed by atoms with Gasteiger partial charge in [0, 0.05) is 37.8 Å². The van der Waals surface area contributed by atoms with Crippen molar-refractivity contribution in [1.82, 2.24) is 9.80 Å². The van der Waals surface area contributed by atoms with Gasteiger partial charge in [0.1, 0.15) is 5.75 Å². The maximum Gasteiger partial charge on any atom is 0.227 e. The molecular weight excluding hydrogens is 506 g/mol. The van der Waals surface area contributed by atoms with Crippen LogP contribution in [0.5, 0.6) is 5.75 Å². The molecule has 0 bridgehead atoms. The molecule has 0 spiro atoms. The number of ether oxygens (including phenoxy) is 1. The highest BCUT2D eigenvalue weighted by Crippen LogP contribution is 2.31. The summed E-state index contributed by atoms with van der Waals surface area (Å²) in [6.07, 6.45) is 23.8. The third kappa shape index (κ3) is 9.45. The maximum atomic E-state index is 13.1. The Hall–Kier alpha value is -1.59. The summed E-state index contributed by atoms with van der Waals surface area (Å²) >= 11 is 0. The van der Waals surface area contributed by atoms with Crippen LogP contribution in [0, 0.1) is 11.8 Å². The lowest BCUT2D eigenvalue weighted by atomic mass is 9.86. The van der Waals surface area contributed by atoms with Gasteiger partial charge in [-0.05, 0) is 101 Å². The van der Waals surface area contributed by atoms with Gasteiger partial charge >= 0.3 is 0 Å². The fraction of sp³-hybridized carbons (Fsp3) is 0.806. The van der Waals surface area contributed by atoms with Gasteiger partial charge in [-0.2, -0.15) is 0 Å². The van der Waals surface area contributed by atoms with Crippen molar-refractivity contribution in [3.8, 4) is 5.75 Å². The van der Waals surface area contributed by atoms with Crippen molar-refractivity contribution < 1.29 is 9.53 Å². The summed E-state index contributed by atoms with van der Waals surface area (Å²) in [5.41, 5.74) is 1.05. The summed E-state index contributed by atoms with van der Waals surface area (Å²) in [6, 6.07) is 9.38. The van der Waals surface area contributed by atoms with Crippen LogP contribution in [0.25, 0.3) is 0 Å². The van der Waals surface area contributed by atoms with Gasteiger partial charge in [0.2, 0.25) is 5.91 Å². The van der Waals surface area contributed by atoms with Crippen molar-refractivity contribution >= 4 is 11.6 Å². The van der Waals surface area contributed by atoms with E-state index < -0.39 is 0 Å². The summed E-state index contributed by atoms with van der Waals surface area (Å²) in [6.45, 7) is 8.91. The first-order valence-electron chi connectivity index (χ1n) is 17.7. The van der Waals surface area contributed by atoms with Crippen LogP contribution < -0.4 is 9.64 Å². The number of anilines is 1. The van der Waals surface area contributed by atoms with Crippen molar-refractivity contribution in [2.45, 2.75) is 135 Å². The third-order valence-corrected chi connectivity index (χ3v) is 10.8. The largest absolute Gasteiger partial charge is 0.494 e. The van der Waals surface area contributed by atoms with Gasteiger partial charge in [0.05, 0.1) is 12.6 Å². The average Bonchev–Trinajstić information content (AvgIpc) is 3.58. The number of benzene rings is 1. The standard InChI is InChI=1S/C36H59N3O2/c1-30-12-10-25-38(30)26-11-27-41-35-21-18-33(19-22-35)39-34(20-23-36(39)40)29-37(28-32-16-6-3-7-17-32)24-9-8-15-31-13-4-2-5-14-31/h18-19,21-22,30-32,34H,2-17,20,23-29H2,1H3/t30?,34-/m0/s1. The summed E-state index contributed by atoms with van der Waals surface area (Å²) < 4.78 is 6.08. The lowest BCUT2D eigenvalue weighted by Crippen LogP contribution is -2.44. The van der Waals surface area contributed by atoms with Gasteiger partial charge in [-0.3, -0.25) is 4.79 Å². The van der Waals surface area contributed by atoms with E-state index in [1.165, 1.54) is 116 Å². The fourth-order valence-electron chi connectivity index (χ4n) is 8.29. The highest BCUT2D eigenvalue weighted by Gasteiger charge is 2.34. The van der Waals surface area contributed by atoms with E-state index in [9.17, 15) is 4.79 Å². The highest BCUT2D eigenvalue weighted by molar-refractivity contribution is 5.96. The maximum absolute atomic E-state index is 13.1. The van der Waals surface area contributed by atoms with Gasteiger partial charge < -0.3 is 19.4 Å². The molecule has 2 aliphatic heterocycles. The van der Waals surface area contributed by atoms with Crippen LogP contribution in [-0.2, 0) is 4.79 Å². The smallest absolute Gasteiger partial charge is 0.227 e. The van der Waals surface area contributed by atoms with Crippen molar-refractivity contribution in [2.75, 3.05) is 44.2 Å². The SMILES string of the molecule is CC1CCCN1CCCOc1ccc(N2C(=O)CC[C@H]2CN(CCCCC2CCCCC2)CC2CCCCC2)cc1. The van der Waals surface area contributed by atoms with E-state index in [0.29, 0.717) is 18.4 Å². The molecule has 2 saturated carbocycles. The Morgan fingerprint density at radius 2 is 1.54 bits per heavy atom. The topological polar surface area (TPSA) is 36.0 Å². The second-order valence-corrected chi connectivity index (χ2v) is 13.9. The van der Waals surface area contributed by atoms with Gasteiger partial charge in [0.25, 0.3) is 0 Å². The molecule has 2 saturated heterocycles. The monoisotopic (exact) mass is 565 g/mol. The number of amides is 1. The molecule has 1 aromatic carbocycles. The lowest BCUT2D eigenvalue weighted by molar-refractivity contribution is -0.117. The first kappa shape index (κ1) is 30.9. The Morgan fingerprint density at radius 1 is 0.805 bits per heavy atom. The zero-order chi connectivity index (χ0) is 28.3. The Bertz CT molecular complexity index is 893. The molecule has 230 valence electrons. The molecule has 0 aromatic heterocycles. The number of hydrogen-bond acceptors (Lipinski definition) is 4. The Labute approximate surface area is 251 Å². The van der Waals surface area contributed by atoms with Gasteiger partial charge in [-0.25, -0.2) is 0 Å². The van der Waals surface area contributed by atoms with Gasteiger partial charge in [-0.15, -0.1) is 0 Å². The number of likely N-dealkylation sites (tertiary alicyclic amines) is 1. The van der Waals surface area contributed by atoms with Crippen LogP contribution in [0.3, 0.4) is 0 Å². The second-order valence-electron chi connectivity index (χ2n) is 13.9. The van der Waals surface area contributed by atoms with E-state index in [2.05, 4.69) is 45.9 Å². The van der Waals surface area contributed by atoms with Crippen molar-refractivity contribution in [3.63, 3.8) is 0 Å². The first-order chi connectivity index (χ1) is 20.2. The average molecular weight is 566 g/mol. The zero-order valence-corrected chi connectivity index (χ0v) is 26.2.